The number of hydrogen-bond acceptors (Lipinski definition) is 5. The van der Waals surface area contributed by atoms with E-state index in [0.717, 1.165) is 25.9 Å². The van der Waals surface area contributed by atoms with Crippen LogP contribution in [0.5, 0.6) is 0 Å². The molecular weight excluding hydrogens is 246 g/mol. The van der Waals surface area contributed by atoms with Crippen LogP contribution in [-0.4, -0.2) is 49.2 Å². The van der Waals surface area contributed by atoms with Crippen LogP contribution in [0.15, 0.2) is 0 Å². The van der Waals surface area contributed by atoms with E-state index in [1.807, 2.05) is 25.7 Å². The maximum absolute atomic E-state index is 11.9. The molecule has 19 heavy (non-hydrogen) atoms. The SMILES string of the molecule is CCCCOC(=O)C(CC(=O)OCC(C)C)N1CC1. The molecule has 5 heteroatoms. The Kier molecular flexibility index (Phi) is 6.84. The van der Waals surface area contributed by atoms with Crippen molar-refractivity contribution in [3.05, 3.63) is 0 Å². The Morgan fingerprint density at radius 1 is 1.21 bits per heavy atom. The van der Waals surface area contributed by atoms with E-state index in [1.54, 1.807) is 0 Å². The first kappa shape index (κ1) is 16.0. The molecule has 1 unspecified atom stereocenters. The van der Waals surface area contributed by atoms with Crippen molar-refractivity contribution in [3.8, 4) is 0 Å². The Labute approximate surface area is 115 Å². The zero-order chi connectivity index (χ0) is 14.3. The first-order valence-electron chi connectivity index (χ1n) is 7.11. The van der Waals surface area contributed by atoms with Gasteiger partial charge >= 0.3 is 11.9 Å². The molecule has 1 fully saturated rings. The summed E-state index contributed by atoms with van der Waals surface area (Å²) in [5.41, 5.74) is 0. The van der Waals surface area contributed by atoms with Crippen molar-refractivity contribution in [1.29, 1.82) is 0 Å². The molecule has 0 N–H and O–H groups in total. The van der Waals surface area contributed by atoms with Crippen LogP contribution in [0.4, 0.5) is 0 Å². The maximum Gasteiger partial charge on any atom is 0.323 e. The molecule has 0 aromatic rings. The Balaban J connectivity index is 2.35. The van der Waals surface area contributed by atoms with Gasteiger partial charge in [0, 0.05) is 13.1 Å². The molecule has 0 amide bonds. The van der Waals surface area contributed by atoms with Gasteiger partial charge in [0.25, 0.3) is 0 Å². The number of hydrogen-bond donors (Lipinski definition) is 0. The summed E-state index contributed by atoms with van der Waals surface area (Å²) < 4.78 is 10.3. The van der Waals surface area contributed by atoms with E-state index in [2.05, 4.69) is 0 Å². The van der Waals surface area contributed by atoms with Gasteiger partial charge in [-0.2, -0.15) is 0 Å². The molecule has 1 heterocycles. The lowest BCUT2D eigenvalue weighted by atomic mass is 10.2. The van der Waals surface area contributed by atoms with E-state index >= 15 is 0 Å². The highest BCUT2D eigenvalue weighted by molar-refractivity contribution is 5.83. The Morgan fingerprint density at radius 3 is 2.42 bits per heavy atom. The van der Waals surface area contributed by atoms with Crippen LogP contribution in [0.25, 0.3) is 0 Å². The van der Waals surface area contributed by atoms with Crippen molar-refractivity contribution in [2.45, 2.75) is 46.1 Å². The summed E-state index contributed by atoms with van der Waals surface area (Å²) in [4.78, 5) is 25.5. The van der Waals surface area contributed by atoms with Crippen LogP contribution in [0.1, 0.15) is 40.0 Å². The van der Waals surface area contributed by atoms with Crippen molar-refractivity contribution < 1.29 is 19.1 Å². The number of carbonyl (C=O) groups is 2. The van der Waals surface area contributed by atoms with Crippen molar-refractivity contribution in [2.24, 2.45) is 5.92 Å². The first-order valence-corrected chi connectivity index (χ1v) is 7.11. The van der Waals surface area contributed by atoms with Gasteiger partial charge in [-0.1, -0.05) is 27.2 Å². The summed E-state index contributed by atoms with van der Waals surface area (Å²) in [6.07, 6.45) is 1.94. The molecule has 0 aromatic heterocycles. The lowest BCUT2D eigenvalue weighted by Crippen LogP contribution is -2.34. The largest absolute Gasteiger partial charge is 0.465 e. The number of unbranched alkanes of at least 4 members (excludes halogenated alkanes) is 1. The molecule has 1 aliphatic rings. The van der Waals surface area contributed by atoms with E-state index < -0.39 is 6.04 Å². The third-order valence-electron chi connectivity index (χ3n) is 2.87. The summed E-state index contributed by atoms with van der Waals surface area (Å²) >= 11 is 0. The summed E-state index contributed by atoms with van der Waals surface area (Å²) in [6, 6.07) is -0.462. The summed E-state index contributed by atoms with van der Waals surface area (Å²) in [7, 11) is 0. The minimum absolute atomic E-state index is 0.0949. The fraction of sp³-hybridized carbons (Fsp3) is 0.857. The van der Waals surface area contributed by atoms with Crippen LogP contribution in [-0.2, 0) is 19.1 Å². The first-order chi connectivity index (χ1) is 9.04. The summed E-state index contributed by atoms with van der Waals surface area (Å²) in [6.45, 7) is 8.54. The maximum atomic E-state index is 11.9. The number of ether oxygens (including phenoxy) is 2. The zero-order valence-electron chi connectivity index (χ0n) is 12.2. The van der Waals surface area contributed by atoms with Crippen LogP contribution in [0.2, 0.25) is 0 Å². The molecule has 1 saturated heterocycles. The van der Waals surface area contributed by atoms with Crippen LogP contribution >= 0.6 is 0 Å². The van der Waals surface area contributed by atoms with E-state index in [1.165, 1.54) is 0 Å². The highest BCUT2D eigenvalue weighted by Crippen LogP contribution is 2.16. The average molecular weight is 271 g/mol. The number of carbonyl (C=O) groups excluding carboxylic acids is 2. The topological polar surface area (TPSA) is 55.6 Å². The van der Waals surface area contributed by atoms with Gasteiger partial charge in [0.15, 0.2) is 0 Å². The van der Waals surface area contributed by atoms with E-state index in [4.69, 9.17) is 9.47 Å². The van der Waals surface area contributed by atoms with Gasteiger partial charge in [-0.05, 0) is 12.3 Å². The molecule has 0 saturated carbocycles. The smallest absolute Gasteiger partial charge is 0.323 e. The quantitative estimate of drug-likeness (QED) is 0.362. The molecule has 0 aromatic carbocycles. The molecule has 1 atom stereocenters. The number of nitrogens with zero attached hydrogens (tertiary/aromatic N) is 1. The standard InChI is InChI=1S/C14H25NO4/c1-4-5-8-18-14(17)12(15-6-7-15)9-13(16)19-10-11(2)3/h11-12H,4-10H2,1-3H3. The Hall–Kier alpha value is -1.10. The van der Waals surface area contributed by atoms with Gasteiger partial charge < -0.3 is 9.47 Å². The second kappa shape index (κ2) is 8.15. The van der Waals surface area contributed by atoms with Crippen LogP contribution < -0.4 is 0 Å². The van der Waals surface area contributed by atoms with E-state index in [9.17, 15) is 9.59 Å². The van der Waals surface area contributed by atoms with Crippen molar-refractivity contribution in [1.82, 2.24) is 4.90 Å². The molecule has 110 valence electrons. The minimum atomic E-state index is -0.462. The lowest BCUT2D eigenvalue weighted by molar-refractivity contribution is -0.155. The zero-order valence-corrected chi connectivity index (χ0v) is 12.2. The number of esters is 2. The van der Waals surface area contributed by atoms with Gasteiger partial charge in [0.1, 0.15) is 6.04 Å². The average Bonchev–Trinajstić information content (AvgIpc) is 3.17. The molecule has 5 nitrogen and oxygen atoms in total. The van der Waals surface area contributed by atoms with Crippen LogP contribution in [0, 0.1) is 5.92 Å². The van der Waals surface area contributed by atoms with E-state index in [0.29, 0.717) is 19.1 Å². The molecular formula is C14H25NO4. The lowest BCUT2D eigenvalue weighted by Gasteiger charge is -2.16. The van der Waals surface area contributed by atoms with Gasteiger partial charge in [0.2, 0.25) is 0 Å². The van der Waals surface area contributed by atoms with Gasteiger partial charge in [-0.25, -0.2) is 0 Å². The molecule has 0 radical (unpaired) electrons. The molecule has 0 spiro atoms. The minimum Gasteiger partial charge on any atom is -0.465 e. The molecule has 0 bridgehead atoms. The summed E-state index contributed by atoms with van der Waals surface area (Å²) in [5, 5.41) is 0. The summed E-state index contributed by atoms with van der Waals surface area (Å²) in [5.74, 6) is -0.314. The molecule has 1 aliphatic heterocycles. The van der Waals surface area contributed by atoms with Crippen molar-refractivity contribution >= 4 is 11.9 Å². The normalized spacial score (nSPS) is 16.2. The molecule has 1 rings (SSSR count). The Bertz CT molecular complexity index is 300. The monoisotopic (exact) mass is 271 g/mol. The highest BCUT2D eigenvalue weighted by atomic mass is 16.5. The second-order valence-electron chi connectivity index (χ2n) is 5.35. The molecule has 0 aliphatic carbocycles. The van der Waals surface area contributed by atoms with Crippen molar-refractivity contribution in [3.63, 3.8) is 0 Å². The van der Waals surface area contributed by atoms with E-state index in [-0.39, 0.29) is 18.4 Å². The van der Waals surface area contributed by atoms with Crippen molar-refractivity contribution in [2.75, 3.05) is 26.3 Å². The van der Waals surface area contributed by atoms with Gasteiger partial charge in [-0.3, -0.25) is 14.5 Å². The fourth-order valence-electron chi connectivity index (χ4n) is 1.62. The Morgan fingerprint density at radius 2 is 1.89 bits per heavy atom. The highest BCUT2D eigenvalue weighted by Gasteiger charge is 2.36. The fourth-order valence-corrected chi connectivity index (χ4v) is 1.62. The number of rotatable bonds is 9. The van der Waals surface area contributed by atoms with Crippen LogP contribution in [0.3, 0.4) is 0 Å². The van der Waals surface area contributed by atoms with Gasteiger partial charge in [0.05, 0.1) is 19.6 Å². The predicted molar refractivity (Wildman–Crippen MR) is 71.6 cm³/mol. The third-order valence-corrected chi connectivity index (χ3v) is 2.87. The second-order valence-corrected chi connectivity index (χ2v) is 5.35. The predicted octanol–water partition coefficient (Wildman–Crippen LogP) is 1.60. The third kappa shape index (κ3) is 6.57. The van der Waals surface area contributed by atoms with Gasteiger partial charge in [-0.15, -0.1) is 0 Å².